The van der Waals surface area contributed by atoms with E-state index in [1.165, 1.54) is 29.4 Å². The van der Waals surface area contributed by atoms with E-state index in [4.69, 9.17) is 0 Å². The number of nitrogens with one attached hydrogen (secondary N) is 3. The van der Waals surface area contributed by atoms with Gasteiger partial charge in [0.2, 0.25) is 29.6 Å². The molecule has 0 saturated carbocycles. The Labute approximate surface area is 465 Å². The van der Waals surface area contributed by atoms with Crippen LogP contribution in [0.15, 0.2) is 72.5 Å². The molecule has 3 saturated heterocycles. The van der Waals surface area contributed by atoms with Gasteiger partial charge in [0.25, 0.3) is 5.91 Å². The molecule has 5 aromatic rings. The average Bonchev–Trinajstić information content (AvgIpc) is 4.08. The number of carbonyl (C=O) groups is 5. The van der Waals surface area contributed by atoms with Crippen molar-refractivity contribution in [1.29, 1.82) is 0 Å². The number of hydrogen-bond donors (Lipinski definition) is 4. The van der Waals surface area contributed by atoms with Crippen LogP contribution in [0.4, 0.5) is 39.3 Å². The monoisotopic (exact) mass is 1130 g/mol. The number of β-amino-alcohol motifs (C(OH)–C–C–N with tert-alkyl or cyclic N) is 1. The van der Waals surface area contributed by atoms with Crippen molar-refractivity contribution >= 4 is 58.2 Å². The molecular formula is C57H68F5N11O6S. The van der Waals surface area contributed by atoms with E-state index in [0.29, 0.717) is 58.1 Å². The maximum atomic E-state index is 16.2. The van der Waals surface area contributed by atoms with E-state index < -0.39 is 70.3 Å². The van der Waals surface area contributed by atoms with Crippen molar-refractivity contribution in [1.82, 2.24) is 40.3 Å². The Balaban J connectivity index is 0.823. The van der Waals surface area contributed by atoms with E-state index in [1.807, 2.05) is 82.7 Å². The van der Waals surface area contributed by atoms with Crippen molar-refractivity contribution in [3.05, 3.63) is 107 Å². The Bertz CT molecular complexity index is 3050. The molecule has 3 aliphatic heterocycles. The molecule has 0 bridgehead atoms. The molecule has 17 nitrogen and oxygen atoms in total. The van der Waals surface area contributed by atoms with Gasteiger partial charge in [-0.3, -0.25) is 28.9 Å². The van der Waals surface area contributed by atoms with Crippen molar-refractivity contribution in [3.63, 3.8) is 0 Å². The van der Waals surface area contributed by atoms with E-state index in [0.717, 1.165) is 33.8 Å². The van der Waals surface area contributed by atoms with Crippen molar-refractivity contribution in [2.75, 3.05) is 68.0 Å². The number of piperazine rings is 2. The summed E-state index contributed by atoms with van der Waals surface area (Å²) in [7, 11) is 1.96. The summed E-state index contributed by atoms with van der Waals surface area (Å²) in [6.45, 7) is 13.9. The van der Waals surface area contributed by atoms with E-state index in [1.54, 1.807) is 21.7 Å². The number of carbonyl (C=O) groups excluding carboxylic acids is 5. The van der Waals surface area contributed by atoms with Crippen LogP contribution in [0.3, 0.4) is 0 Å². The first kappa shape index (κ1) is 59.0. The second kappa shape index (κ2) is 24.7. The molecule has 5 amide bonds. The minimum atomic E-state index is -5.03. The van der Waals surface area contributed by atoms with E-state index in [9.17, 15) is 46.6 Å². The molecule has 8 rings (SSSR count). The van der Waals surface area contributed by atoms with E-state index >= 15 is 4.39 Å². The van der Waals surface area contributed by atoms with E-state index in [-0.39, 0.29) is 84.8 Å². The molecule has 5 atom stereocenters. The summed E-state index contributed by atoms with van der Waals surface area (Å²) >= 11 is 1.55. The second-order valence-electron chi connectivity index (χ2n) is 22.1. The summed E-state index contributed by atoms with van der Waals surface area (Å²) in [5.74, 6) is -4.03. The number of aryl methyl sites for hydroxylation is 1. The molecule has 4 N–H and O–H groups in total. The number of likely N-dealkylation sites (tertiary alicyclic amines) is 1. The maximum Gasteiger partial charge on any atom is 0.417 e. The molecule has 23 heteroatoms. The fourth-order valence-electron chi connectivity index (χ4n) is 10.4. The number of aliphatic hydroxyl groups excluding tert-OH is 1. The van der Waals surface area contributed by atoms with Crippen LogP contribution in [0.5, 0.6) is 0 Å². The van der Waals surface area contributed by atoms with Gasteiger partial charge in [-0.25, -0.2) is 23.7 Å². The Hall–Kier alpha value is -7.11. The lowest BCUT2D eigenvalue weighted by molar-refractivity contribution is -0.144. The standard InChI is InChI=1S/C57H68F5N11O6S/c1-33-29-72(30-34(2)69(33)7)46-25-44(59)42(24-45(46)67-52(77)41-17-16-39(58)22-43(41)57(60,61)62)38-27-64-55(65-28-38)71-20-18-70(19-21-71)49(76)11-9-8-10-48(75)68-51(56(4,5)6)54(79)73-31-40(74)23-47(73)53(78)63-26-36-12-14-37(15-13-36)50-35(3)66-32-80-50/h12-17,22,24-25,27-28,32-34,40,47,51,74H,8-11,18-21,23,26,29-31H2,1-7H3,(H,63,78)(H,67,77)(H,68,75)/t33-,34+,40-,47-,51+/m0/s1. The lowest BCUT2D eigenvalue weighted by atomic mass is 9.85. The summed E-state index contributed by atoms with van der Waals surface area (Å²) < 4.78 is 72.1. The fraction of sp³-hybridized carbons (Fsp3) is 0.474. The van der Waals surface area contributed by atoms with Gasteiger partial charge in [0.05, 0.1) is 44.7 Å². The number of alkyl halides is 3. The Morgan fingerprint density at radius 2 is 1.49 bits per heavy atom. The van der Waals surface area contributed by atoms with Crippen LogP contribution in [-0.2, 0) is 31.9 Å². The summed E-state index contributed by atoms with van der Waals surface area (Å²) in [5.41, 5.74) is 2.13. The first-order chi connectivity index (χ1) is 37.9. The molecule has 3 aromatic carbocycles. The zero-order valence-electron chi connectivity index (χ0n) is 45.9. The lowest BCUT2D eigenvalue weighted by Crippen LogP contribution is -2.57. The van der Waals surface area contributed by atoms with Gasteiger partial charge in [-0.05, 0) is 87.5 Å². The molecule has 3 fully saturated rings. The number of unbranched alkanes of at least 4 members (excludes halogenated alkanes) is 1. The number of nitrogens with zero attached hydrogens (tertiary/aromatic N) is 8. The minimum Gasteiger partial charge on any atom is -0.391 e. The first-order valence-corrected chi connectivity index (χ1v) is 27.6. The van der Waals surface area contributed by atoms with Gasteiger partial charge in [-0.2, -0.15) is 13.2 Å². The molecule has 5 heterocycles. The lowest BCUT2D eigenvalue weighted by Gasteiger charge is -2.44. The van der Waals surface area contributed by atoms with Crippen molar-refractivity contribution in [2.24, 2.45) is 5.41 Å². The van der Waals surface area contributed by atoms with Gasteiger partial charge < -0.3 is 40.7 Å². The zero-order chi connectivity index (χ0) is 57.8. The third-order valence-electron chi connectivity index (χ3n) is 15.2. The second-order valence-corrected chi connectivity index (χ2v) is 22.9. The molecule has 0 spiro atoms. The van der Waals surface area contributed by atoms with Crippen molar-refractivity contribution in [2.45, 2.75) is 117 Å². The Morgan fingerprint density at radius 3 is 2.11 bits per heavy atom. The fourth-order valence-corrected chi connectivity index (χ4v) is 11.2. The summed E-state index contributed by atoms with van der Waals surface area (Å²) in [6.07, 6.45) is -2.05. The van der Waals surface area contributed by atoms with Crippen LogP contribution in [0, 0.1) is 24.0 Å². The average molecular weight is 1130 g/mol. The number of thiazole rings is 1. The van der Waals surface area contributed by atoms with Crippen molar-refractivity contribution < 1.29 is 51.0 Å². The normalized spacial score (nSPS) is 19.5. The first-order valence-electron chi connectivity index (χ1n) is 26.7. The molecule has 2 aromatic heterocycles. The highest BCUT2D eigenvalue weighted by molar-refractivity contribution is 7.13. The van der Waals surface area contributed by atoms with Gasteiger partial charge in [0.1, 0.15) is 23.7 Å². The number of rotatable bonds is 16. The third-order valence-corrected chi connectivity index (χ3v) is 16.2. The molecule has 80 heavy (non-hydrogen) atoms. The van der Waals surface area contributed by atoms with Crippen LogP contribution in [-0.4, -0.2) is 147 Å². The summed E-state index contributed by atoms with van der Waals surface area (Å²) in [6, 6.07) is 10.2. The largest absolute Gasteiger partial charge is 0.417 e. The number of hydrogen-bond acceptors (Lipinski definition) is 13. The highest BCUT2D eigenvalue weighted by atomic mass is 32.1. The SMILES string of the molecule is Cc1ncsc1-c1ccc(CNC(=O)[C@@H]2C[C@H](O)CN2C(=O)[C@@H](NC(=O)CCCCC(=O)N2CCN(c3ncc(-c4cc(NC(=O)c5ccc(F)cc5C(F)(F)F)c(N5C[C@@H](C)N(C)[C@@H](C)C5)cc4F)cn3)CC2)C(C)(C)C)cc1. The number of likely N-dealkylation sites (N-methyl/N-ethyl adjacent to an activating group) is 1. The predicted molar refractivity (Wildman–Crippen MR) is 295 cm³/mol. The zero-order valence-corrected chi connectivity index (χ0v) is 46.7. The van der Waals surface area contributed by atoms with Gasteiger partial charge in [0.15, 0.2) is 0 Å². The van der Waals surface area contributed by atoms with Gasteiger partial charge in [0, 0.05) is 107 Å². The van der Waals surface area contributed by atoms with Gasteiger partial charge >= 0.3 is 6.18 Å². The summed E-state index contributed by atoms with van der Waals surface area (Å²) in [5, 5.41) is 19.0. The van der Waals surface area contributed by atoms with Crippen molar-refractivity contribution in [3.8, 4) is 21.6 Å². The van der Waals surface area contributed by atoms with Crippen LogP contribution in [0.25, 0.3) is 21.6 Å². The highest BCUT2D eigenvalue weighted by Crippen LogP contribution is 2.38. The van der Waals surface area contributed by atoms with Crippen LogP contribution in [0.2, 0.25) is 0 Å². The quantitative estimate of drug-likeness (QED) is 0.0557. The molecule has 3 aliphatic rings. The van der Waals surface area contributed by atoms with E-state index in [2.05, 4.69) is 35.8 Å². The summed E-state index contributed by atoms with van der Waals surface area (Å²) in [4.78, 5) is 91.2. The topological polar surface area (TPSA) is 197 Å². The smallest absolute Gasteiger partial charge is 0.391 e. The number of amides is 5. The Kier molecular flexibility index (Phi) is 18.2. The predicted octanol–water partition coefficient (Wildman–Crippen LogP) is 7.67. The van der Waals surface area contributed by atoms with Crippen LogP contribution >= 0.6 is 11.3 Å². The maximum absolute atomic E-state index is 16.2. The number of anilines is 3. The molecule has 0 unspecified atom stereocenters. The van der Waals surface area contributed by atoms with Crippen LogP contribution < -0.4 is 25.8 Å². The minimum absolute atomic E-state index is 0.0115. The Morgan fingerprint density at radius 1 is 0.825 bits per heavy atom. The molecule has 428 valence electrons. The van der Waals surface area contributed by atoms with Gasteiger partial charge in [-0.1, -0.05) is 45.0 Å². The third kappa shape index (κ3) is 13.9. The number of aliphatic hydroxyl groups is 1. The molecule has 0 radical (unpaired) electrons. The number of benzene rings is 3. The van der Waals surface area contributed by atoms with Crippen LogP contribution in [0.1, 0.15) is 93.9 Å². The molecule has 0 aliphatic carbocycles. The number of aromatic nitrogens is 3. The molecular weight excluding hydrogens is 1060 g/mol. The number of halogens is 5. The highest BCUT2D eigenvalue weighted by Gasteiger charge is 2.45. The van der Waals surface area contributed by atoms with Gasteiger partial charge in [-0.15, -0.1) is 11.3 Å².